The van der Waals surface area contributed by atoms with E-state index in [0.717, 1.165) is 6.54 Å². The first kappa shape index (κ1) is 12.4. The molecule has 1 aromatic carbocycles. The molecule has 1 aliphatic rings. The van der Waals surface area contributed by atoms with Gasteiger partial charge in [0.1, 0.15) is 4.90 Å². The smallest absolute Gasteiger partial charge is 0.242 e. The van der Waals surface area contributed by atoms with E-state index in [0.29, 0.717) is 16.0 Å². The minimum atomic E-state index is -3.39. The summed E-state index contributed by atoms with van der Waals surface area (Å²) in [4.78, 5) is 0.312. The topological polar surface area (TPSA) is 58.2 Å². The summed E-state index contributed by atoms with van der Waals surface area (Å²) in [7, 11) is -1.96. The van der Waals surface area contributed by atoms with Gasteiger partial charge in [0.2, 0.25) is 10.0 Å². The molecule has 1 saturated carbocycles. The van der Waals surface area contributed by atoms with Gasteiger partial charge in [-0.3, -0.25) is 0 Å². The number of sulfonamides is 1. The second-order valence-corrected chi connectivity index (χ2v) is 6.72. The monoisotopic (exact) mass is 254 g/mol. The van der Waals surface area contributed by atoms with Crippen LogP contribution in [0.1, 0.15) is 19.8 Å². The van der Waals surface area contributed by atoms with Crippen LogP contribution in [0.3, 0.4) is 0 Å². The van der Waals surface area contributed by atoms with Crippen LogP contribution < -0.4 is 10.0 Å². The van der Waals surface area contributed by atoms with Crippen molar-refractivity contribution in [1.29, 1.82) is 0 Å². The molecule has 94 valence electrons. The molecule has 2 rings (SSSR count). The predicted octanol–water partition coefficient (Wildman–Crippen LogP) is 1.81. The summed E-state index contributed by atoms with van der Waals surface area (Å²) in [5, 5.41) is 3.24. The number of rotatable bonds is 5. The van der Waals surface area contributed by atoms with Crippen LogP contribution in [0, 0.1) is 5.41 Å². The van der Waals surface area contributed by atoms with Gasteiger partial charge in [0, 0.05) is 6.54 Å². The first-order valence-electron chi connectivity index (χ1n) is 5.73. The van der Waals surface area contributed by atoms with Gasteiger partial charge in [0.25, 0.3) is 0 Å². The summed E-state index contributed by atoms with van der Waals surface area (Å²) >= 11 is 0. The Bertz CT molecular complexity index is 507. The zero-order valence-corrected chi connectivity index (χ0v) is 11.0. The number of hydrogen-bond acceptors (Lipinski definition) is 3. The molecule has 0 spiro atoms. The van der Waals surface area contributed by atoms with Crippen molar-refractivity contribution in [2.45, 2.75) is 24.7 Å². The van der Waals surface area contributed by atoms with Gasteiger partial charge in [0.05, 0.1) is 5.69 Å². The Balaban J connectivity index is 2.21. The molecule has 0 radical (unpaired) electrons. The van der Waals surface area contributed by atoms with Crippen molar-refractivity contribution < 1.29 is 8.42 Å². The highest BCUT2D eigenvalue weighted by molar-refractivity contribution is 7.89. The van der Waals surface area contributed by atoms with E-state index in [4.69, 9.17) is 0 Å². The van der Waals surface area contributed by atoms with E-state index in [-0.39, 0.29) is 0 Å². The molecular formula is C12H18N2O2S. The van der Waals surface area contributed by atoms with Crippen LogP contribution in [0.4, 0.5) is 5.69 Å². The van der Waals surface area contributed by atoms with Crippen molar-refractivity contribution in [1.82, 2.24) is 4.72 Å². The molecule has 2 N–H and O–H groups in total. The van der Waals surface area contributed by atoms with Gasteiger partial charge in [-0.25, -0.2) is 13.1 Å². The van der Waals surface area contributed by atoms with E-state index >= 15 is 0 Å². The Morgan fingerprint density at radius 1 is 1.29 bits per heavy atom. The molecule has 4 nitrogen and oxygen atoms in total. The normalized spacial score (nSPS) is 17.8. The maximum Gasteiger partial charge on any atom is 0.242 e. The second kappa shape index (κ2) is 4.31. The van der Waals surface area contributed by atoms with E-state index in [1.54, 1.807) is 18.2 Å². The Morgan fingerprint density at radius 3 is 2.53 bits per heavy atom. The van der Waals surface area contributed by atoms with Gasteiger partial charge in [-0.2, -0.15) is 0 Å². The molecule has 1 aromatic rings. The van der Waals surface area contributed by atoms with Crippen molar-refractivity contribution in [2.24, 2.45) is 5.41 Å². The Kier molecular flexibility index (Phi) is 3.14. The van der Waals surface area contributed by atoms with Crippen LogP contribution in [0.5, 0.6) is 0 Å². The third kappa shape index (κ3) is 2.79. The van der Waals surface area contributed by atoms with Gasteiger partial charge in [-0.15, -0.1) is 0 Å². The fraction of sp³-hybridized carbons (Fsp3) is 0.500. The largest absolute Gasteiger partial charge is 0.383 e. The lowest BCUT2D eigenvalue weighted by Gasteiger charge is -2.14. The molecule has 0 unspecified atom stereocenters. The standard InChI is InChI=1S/C12H18N2O2S/c1-12(7-8-12)9-14-10-5-3-4-6-11(10)17(15,16)13-2/h3-6,13-14H,7-9H2,1-2H3. The molecule has 0 aromatic heterocycles. The first-order chi connectivity index (χ1) is 7.97. The Labute approximate surface area is 102 Å². The third-order valence-electron chi connectivity index (χ3n) is 3.25. The zero-order valence-electron chi connectivity index (χ0n) is 10.2. The van der Waals surface area contributed by atoms with Crippen LogP contribution in [0.25, 0.3) is 0 Å². The number of nitrogens with one attached hydrogen (secondary N) is 2. The van der Waals surface area contributed by atoms with Gasteiger partial charge in [0.15, 0.2) is 0 Å². The van der Waals surface area contributed by atoms with Crippen LogP contribution in [0.15, 0.2) is 29.2 Å². The van der Waals surface area contributed by atoms with Crippen LogP contribution in [-0.4, -0.2) is 22.0 Å². The average molecular weight is 254 g/mol. The minimum Gasteiger partial charge on any atom is -0.383 e. The maximum absolute atomic E-state index is 11.8. The number of para-hydroxylation sites is 1. The molecule has 17 heavy (non-hydrogen) atoms. The van der Waals surface area contributed by atoms with Gasteiger partial charge < -0.3 is 5.32 Å². The van der Waals surface area contributed by atoms with E-state index in [9.17, 15) is 8.42 Å². The van der Waals surface area contributed by atoms with Gasteiger partial charge in [-0.1, -0.05) is 19.1 Å². The fourth-order valence-electron chi connectivity index (χ4n) is 1.66. The molecule has 5 heteroatoms. The molecule has 0 heterocycles. The first-order valence-corrected chi connectivity index (χ1v) is 7.22. The van der Waals surface area contributed by atoms with Gasteiger partial charge in [-0.05, 0) is 37.4 Å². The second-order valence-electron chi connectivity index (χ2n) is 4.87. The lowest BCUT2D eigenvalue weighted by molar-refractivity contribution is 0.587. The summed E-state index contributed by atoms with van der Waals surface area (Å²) in [6.45, 7) is 3.03. The van der Waals surface area contributed by atoms with Crippen LogP contribution in [-0.2, 0) is 10.0 Å². The third-order valence-corrected chi connectivity index (χ3v) is 4.73. The average Bonchev–Trinajstić information content (AvgIpc) is 3.06. The Morgan fingerprint density at radius 2 is 1.94 bits per heavy atom. The molecule has 1 aliphatic carbocycles. The number of anilines is 1. The van der Waals surface area contributed by atoms with E-state index in [2.05, 4.69) is 17.0 Å². The molecule has 1 fully saturated rings. The minimum absolute atomic E-state index is 0.312. The highest BCUT2D eigenvalue weighted by Crippen LogP contribution is 2.44. The summed E-state index contributed by atoms with van der Waals surface area (Å²) in [6, 6.07) is 6.99. The van der Waals surface area contributed by atoms with Crippen molar-refractivity contribution in [3.05, 3.63) is 24.3 Å². The van der Waals surface area contributed by atoms with Gasteiger partial charge >= 0.3 is 0 Å². The molecule has 0 saturated heterocycles. The van der Waals surface area contributed by atoms with E-state index in [1.807, 2.05) is 6.07 Å². The molecule has 0 bridgehead atoms. The maximum atomic E-state index is 11.8. The fourth-order valence-corrected chi connectivity index (χ4v) is 2.56. The lowest BCUT2D eigenvalue weighted by atomic mass is 10.1. The molecule has 0 amide bonds. The molecule has 0 atom stereocenters. The predicted molar refractivity (Wildman–Crippen MR) is 68.5 cm³/mol. The molecule has 0 aliphatic heterocycles. The highest BCUT2D eigenvalue weighted by atomic mass is 32.2. The summed E-state index contributed by atoms with van der Waals surface area (Å²) < 4.78 is 26.0. The highest BCUT2D eigenvalue weighted by Gasteiger charge is 2.37. The van der Waals surface area contributed by atoms with E-state index < -0.39 is 10.0 Å². The molecular weight excluding hydrogens is 236 g/mol. The number of hydrogen-bond donors (Lipinski definition) is 2. The quantitative estimate of drug-likeness (QED) is 0.842. The van der Waals surface area contributed by atoms with Crippen LogP contribution in [0.2, 0.25) is 0 Å². The lowest BCUT2D eigenvalue weighted by Crippen LogP contribution is -2.21. The summed E-state index contributed by atoms with van der Waals surface area (Å²) in [6.07, 6.45) is 2.42. The van der Waals surface area contributed by atoms with Crippen LogP contribution >= 0.6 is 0 Å². The number of benzene rings is 1. The summed E-state index contributed by atoms with van der Waals surface area (Å²) in [5.74, 6) is 0. The Hall–Kier alpha value is -1.07. The van der Waals surface area contributed by atoms with Crippen molar-refractivity contribution in [3.8, 4) is 0 Å². The van der Waals surface area contributed by atoms with Crippen molar-refractivity contribution in [3.63, 3.8) is 0 Å². The van der Waals surface area contributed by atoms with Crippen molar-refractivity contribution >= 4 is 15.7 Å². The summed E-state index contributed by atoms with van der Waals surface area (Å²) in [5.41, 5.74) is 1.02. The van der Waals surface area contributed by atoms with Crippen molar-refractivity contribution in [2.75, 3.05) is 18.9 Å². The SMILES string of the molecule is CNS(=O)(=O)c1ccccc1NCC1(C)CC1. The van der Waals surface area contributed by atoms with E-state index in [1.165, 1.54) is 19.9 Å². The zero-order chi connectivity index (χ0) is 12.5.